The Hall–Kier alpha value is -0.610. The SMILES string of the molecule is CCCCCCCCCCN(CC(N)=O)C1CCNCC1. The number of primary amides is 1. The van der Waals surface area contributed by atoms with Crippen molar-refractivity contribution in [3.63, 3.8) is 0 Å². The van der Waals surface area contributed by atoms with Gasteiger partial charge in [0.1, 0.15) is 0 Å². The Kier molecular flexibility index (Phi) is 10.5. The number of nitrogens with zero attached hydrogens (tertiary/aromatic N) is 1. The van der Waals surface area contributed by atoms with Gasteiger partial charge in [-0.25, -0.2) is 0 Å². The van der Waals surface area contributed by atoms with Crippen molar-refractivity contribution in [2.24, 2.45) is 5.73 Å². The Balaban J connectivity index is 2.12. The molecule has 124 valence electrons. The summed E-state index contributed by atoms with van der Waals surface area (Å²) in [5, 5.41) is 3.38. The van der Waals surface area contributed by atoms with Crippen molar-refractivity contribution >= 4 is 5.91 Å². The second kappa shape index (κ2) is 12.0. The normalized spacial score (nSPS) is 16.5. The molecule has 0 saturated carbocycles. The van der Waals surface area contributed by atoms with Crippen LogP contribution in [0.1, 0.15) is 71.1 Å². The van der Waals surface area contributed by atoms with Crippen molar-refractivity contribution in [2.75, 3.05) is 26.2 Å². The van der Waals surface area contributed by atoms with Gasteiger partial charge in [-0.2, -0.15) is 0 Å². The van der Waals surface area contributed by atoms with E-state index < -0.39 is 0 Å². The lowest BCUT2D eigenvalue weighted by molar-refractivity contribution is -0.119. The molecule has 3 N–H and O–H groups in total. The number of nitrogens with one attached hydrogen (secondary N) is 1. The van der Waals surface area contributed by atoms with Crippen molar-refractivity contribution in [1.29, 1.82) is 0 Å². The second-order valence-corrected chi connectivity index (χ2v) is 6.39. The van der Waals surface area contributed by atoms with Crippen LogP contribution in [0.4, 0.5) is 0 Å². The van der Waals surface area contributed by atoms with Crippen LogP contribution < -0.4 is 11.1 Å². The van der Waals surface area contributed by atoms with E-state index in [9.17, 15) is 4.79 Å². The fourth-order valence-corrected chi connectivity index (χ4v) is 3.21. The monoisotopic (exact) mass is 297 g/mol. The van der Waals surface area contributed by atoms with Gasteiger partial charge in [0.2, 0.25) is 5.91 Å². The minimum atomic E-state index is -0.187. The molecule has 4 nitrogen and oxygen atoms in total. The highest BCUT2D eigenvalue weighted by Crippen LogP contribution is 2.14. The summed E-state index contributed by atoms with van der Waals surface area (Å²) in [5.41, 5.74) is 5.40. The maximum absolute atomic E-state index is 11.3. The van der Waals surface area contributed by atoms with Crippen LogP contribution in [0.15, 0.2) is 0 Å². The molecule has 0 unspecified atom stereocenters. The van der Waals surface area contributed by atoms with Crippen LogP contribution in [-0.2, 0) is 4.79 Å². The summed E-state index contributed by atoms with van der Waals surface area (Å²) in [6.45, 7) is 5.85. The van der Waals surface area contributed by atoms with Gasteiger partial charge in [0, 0.05) is 6.04 Å². The Morgan fingerprint density at radius 1 is 1.05 bits per heavy atom. The first kappa shape index (κ1) is 18.4. The van der Waals surface area contributed by atoms with E-state index in [1.165, 1.54) is 51.4 Å². The first-order valence-corrected chi connectivity index (χ1v) is 8.97. The molecule has 0 aliphatic carbocycles. The molecule has 0 bridgehead atoms. The molecular weight excluding hydrogens is 262 g/mol. The maximum atomic E-state index is 11.3. The summed E-state index contributed by atoms with van der Waals surface area (Å²) in [6, 6.07) is 0.545. The van der Waals surface area contributed by atoms with Crippen LogP contribution in [0.3, 0.4) is 0 Å². The average Bonchev–Trinajstić information content (AvgIpc) is 2.49. The number of unbranched alkanes of at least 4 members (excludes halogenated alkanes) is 7. The smallest absolute Gasteiger partial charge is 0.231 e. The van der Waals surface area contributed by atoms with Crippen LogP contribution in [0.5, 0.6) is 0 Å². The highest BCUT2D eigenvalue weighted by Gasteiger charge is 2.21. The van der Waals surface area contributed by atoms with Crippen molar-refractivity contribution < 1.29 is 4.79 Å². The summed E-state index contributed by atoms with van der Waals surface area (Å²) in [5.74, 6) is -0.187. The number of hydrogen-bond acceptors (Lipinski definition) is 3. The molecule has 4 heteroatoms. The third kappa shape index (κ3) is 9.10. The molecule has 1 rings (SSSR count). The molecular formula is C17H35N3O. The van der Waals surface area contributed by atoms with Crippen LogP contribution in [0, 0.1) is 0 Å². The molecule has 0 aromatic carbocycles. The number of nitrogens with two attached hydrogens (primary N) is 1. The summed E-state index contributed by atoms with van der Waals surface area (Å²) in [7, 11) is 0. The summed E-state index contributed by atoms with van der Waals surface area (Å²) in [4.78, 5) is 13.6. The Bertz CT molecular complexity index is 265. The summed E-state index contributed by atoms with van der Waals surface area (Å²) < 4.78 is 0. The Labute approximate surface area is 130 Å². The maximum Gasteiger partial charge on any atom is 0.231 e. The molecule has 0 radical (unpaired) electrons. The lowest BCUT2D eigenvalue weighted by atomic mass is 10.0. The van der Waals surface area contributed by atoms with Crippen LogP contribution in [0.25, 0.3) is 0 Å². The predicted molar refractivity (Wildman–Crippen MR) is 89.3 cm³/mol. The van der Waals surface area contributed by atoms with Gasteiger partial charge < -0.3 is 11.1 Å². The van der Waals surface area contributed by atoms with E-state index in [2.05, 4.69) is 17.1 Å². The summed E-state index contributed by atoms with van der Waals surface area (Å²) >= 11 is 0. The molecule has 1 fully saturated rings. The molecule has 1 aliphatic rings. The molecule has 1 saturated heterocycles. The second-order valence-electron chi connectivity index (χ2n) is 6.39. The highest BCUT2D eigenvalue weighted by atomic mass is 16.1. The largest absolute Gasteiger partial charge is 0.369 e. The van der Waals surface area contributed by atoms with E-state index in [1.54, 1.807) is 0 Å². The van der Waals surface area contributed by atoms with Crippen molar-refractivity contribution in [2.45, 2.75) is 77.2 Å². The van der Waals surface area contributed by atoms with Gasteiger partial charge in [-0.1, -0.05) is 51.9 Å². The standard InChI is InChI=1S/C17H35N3O/c1-2-3-4-5-6-7-8-9-14-20(15-17(18)21)16-10-12-19-13-11-16/h16,19H,2-15H2,1H3,(H2,18,21). The molecule has 1 heterocycles. The molecule has 1 amide bonds. The van der Waals surface area contributed by atoms with E-state index in [4.69, 9.17) is 5.73 Å². The Morgan fingerprint density at radius 2 is 1.62 bits per heavy atom. The zero-order valence-corrected chi connectivity index (χ0v) is 13.9. The lowest BCUT2D eigenvalue weighted by Gasteiger charge is -2.33. The number of amides is 1. The molecule has 0 aromatic heterocycles. The highest BCUT2D eigenvalue weighted by molar-refractivity contribution is 5.75. The summed E-state index contributed by atoms with van der Waals surface area (Å²) in [6.07, 6.45) is 12.9. The van der Waals surface area contributed by atoms with E-state index in [-0.39, 0.29) is 5.91 Å². The van der Waals surface area contributed by atoms with Gasteiger partial charge in [-0.3, -0.25) is 9.69 Å². The van der Waals surface area contributed by atoms with Crippen molar-refractivity contribution in [1.82, 2.24) is 10.2 Å². The van der Waals surface area contributed by atoms with Crippen LogP contribution >= 0.6 is 0 Å². The lowest BCUT2D eigenvalue weighted by Crippen LogP contribution is -2.46. The van der Waals surface area contributed by atoms with Gasteiger partial charge in [-0.05, 0) is 38.9 Å². The average molecular weight is 297 g/mol. The number of carbonyl (C=O) groups excluding carboxylic acids is 1. The quantitative estimate of drug-likeness (QED) is 0.545. The molecule has 21 heavy (non-hydrogen) atoms. The molecule has 1 aliphatic heterocycles. The van der Waals surface area contributed by atoms with Crippen LogP contribution in [0.2, 0.25) is 0 Å². The Morgan fingerprint density at radius 3 is 2.19 bits per heavy atom. The fourth-order valence-electron chi connectivity index (χ4n) is 3.21. The molecule has 0 atom stereocenters. The van der Waals surface area contributed by atoms with E-state index in [1.807, 2.05) is 0 Å². The third-order valence-corrected chi connectivity index (χ3v) is 4.48. The third-order valence-electron chi connectivity index (χ3n) is 4.48. The topological polar surface area (TPSA) is 58.4 Å². The van der Waals surface area contributed by atoms with Gasteiger partial charge >= 0.3 is 0 Å². The first-order valence-electron chi connectivity index (χ1n) is 8.97. The predicted octanol–water partition coefficient (Wildman–Crippen LogP) is 2.67. The van der Waals surface area contributed by atoms with Crippen LogP contribution in [-0.4, -0.2) is 43.0 Å². The van der Waals surface area contributed by atoms with Gasteiger partial charge in [0.15, 0.2) is 0 Å². The first-order chi connectivity index (χ1) is 10.2. The fraction of sp³-hybridized carbons (Fsp3) is 0.941. The number of hydrogen-bond donors (Lipinski definition) is 2. The van der Waals surface area contributed by atoms with E-state index in [0.717, 1.165) is 32.5 Å². The van der Waals surface area contributed by atoms with Gasteiger partial charge in [-0.15, -0.1) is 0 Å². The number of rotatable bonds is 12. The minimum absolute atomic E-state index is 0.187. The molecule has 0 spiro atoms. The zero-order valence-electron chi connectivity index (χ0n) is 13.9. The van der Waals surface area contributed by atoms with E-state index in [0.29, 0.717) is 12.6 Å². The van der Waals surface area contributed by atoms with Gasteiger partial charge in [0.25, 0.3) is 0 Å². The van der Waals surface area contributed by atoms with Crippen molar-refractivity contribution in [3.8, 4) is 0 Å². The zero-order chi connectivity index (χ0) is 15.3. The number of piperidine rings is 1. The van der Waals surface area contributed by atoms with E-state index >= 15 is 0 Å². The molecule has 0 aromatic rings. The minimum Gasteiger partial charge on any atom is -0.369 e. The van der Waals surface area contributed by atoms with Gasteiger partial charge in [0.05, 0.1) is 6.54 Å². The van der Waals surface area contributed by atoms with Crippen molar-refractivity contribution in [3.05, 3.63) is 0 Å². The number of carbonyl (C=O) groups is 1.